The predicted molar refractivity (Wildman–Crippen MR) is 58.6 cm³/mol. The molecule has 0 saturated heterocycles. The van der Waals surface area contributed by atoms with Crippen LogP contribution < -0.4 is 0 Å². The molecule has 0 spiro atoms. The molecular weight excluding hydrogens is 178 g/mol. The number of hydrogen-bond donors (Lipinski definition) is 0. The summed E-state index contributed by atoms with van der Waals surface area (Å²) in [7, 11) is 3.25. The van der Waals surface area contributed by atoms with Crippen LogP contribution in [0.5, 0.6) is 0 Å². The maximum Gasteiger partial charge on any atom is 0.159 e. The van der Waals surface area contributed by atoms with E-state index in [4.69, 9.17) is 4.74 Å². The molecule has 0 aromatic carbocycles. The van der Waals surface area contributed by atoms with Crippen LogP contribution in [0.25, 0.3) is 0 Å². The lowest BCUT2D eigenvalue weighted by molar-refractivity contribution is -0.113. The van der Waals surface area contributed by atoms with Gasteiger partial charge in [-0.2, -0.15) is 0 Å². The summed E-state index contributed by atoms with van der Waals surface area (Å²) in [6.07, 6.45) is 2.38. The summed E-state index contributed by atoms with van der Waals surface area (Å²) in [4.78, 5) is 15.0. The molecule has 0 aliphatic carbocycles. The van der Waals surface area contributed by atoms with Gasteiger partial charge in [0.1, 0.15) is 5.76 Å². The summed E-state index contributed by atoms with van der Waals surface area (Å²) < 4.78 is 5.13. The second-order valence-electron chi connectivity index (χ2n) is 2.82. The maximum absolute atomic E-state index is 11.0. The monoisotopic (exact) mass is 195 g/mol. The molecule has 3 nitrogen and oxygen atoms in total. The number of hydrogen-bond acceptors (Lipinski definition) is 3. The number of ether oxygens (including phenoxy) is 1. The van der Waals surface area contributed by atoms with Gasteiger partial charge in [0.05, 0.1) is 12.8 Å². The van der Waals surface area contributed by atoms with Crippen LogP contribution in [-0.2, 0) is 9.53 Å². The molecule has 0 aromatic rings. The second-order valence-corrected chi connectivity index (χ2v) is 2.82. The van der Waals surface area contributed by atoms with E-state index in [2.05, 4.69) is 11.6 Å². The lowest BCUT2D eigenvalue weighted by atomic mass is 10.1. The summed E-state index contributed by atoms with van der Waals surface area (Å²) in [5.41, 5.74) is 1.26. The third-order valence-electron chi connectivity index (χ3n) is 1.87. The average molecular weight is 195 g/mol. The lowest BCUT2D eigenvalue weighted by Crippen LogP contribution is -2.05. The number of aliphatic imine (C=N–C) groups is 1. The van der Waals surface area contributed by atoms with Crippen molar-refractivity contribution in [2.75, 3.05) is 14.2 Å². The topological polar surface area (TPSA) is 38.7 Å². The summed E-state index contributed by atoms with van der Waals surface area (Å²) in [6, 6.07) is 0. The molecule has 0 aliphatic heterocycles. The van der Waals surface area contributed by atoms with E-state index in [-0.39, 0.29) is 5.78 Å². The molecule has 0 fully saturated rings. The van der Waals surface area contributed by atoms with Crippen molar-refractivity contribution in [2.24, 2.45) is 4.99 Å². The van der Waals surface area contributed by atoms with Crippen molar-refractivity contribution < 1.29 is 9.53 Å². The highest BCUT2D eigenvalue weighted by molar-refractivity contribution is 6.02. The van der Waals surface area contributed by atoms with Gasteiger partial charge in [0.2, 0.25) is 0 Å². The Labute approximate surface area is 85.2 Å². The fraction of sp³-hybridized carbons (Fsp3) is 0.455. The number of carbonyl (C=O) groups is 1. The molecule has 14 heavy (non-hydrogen) atoms. The molecule has 3 heteroatoms. The normalized spacial score (nSPS) is 12.6. The predicted octanol–water partition coefficient (Wildman–Crippen LogP) is 2.14. The Kier molecular flexibility index (Phi) is 5.53. The number of nitrogens with zero attached hydrogens (tertiary/aromatic N) is 1. The van der Waals surface area contributed by atoms with Crippen LogP contribution in [0.1, 0.15) is 20.3 Å². The van der Waals surface area contributed by atoms with E-state index >= 15 is 0 Å². The van der Waals surface area contributed by atoms with E-state index < -0.39 is 0 Å². The molecule has 0 bridgehead atoms. The smallest absolute Gasteiger partial charge is 0.159 e. The van der Waals surface area contributed by atoms with Crippen LogP contribution in [-0.4, -0.2) is 25.7 Å². The first-order valence-electron chi connectivity index (χ1n) is 4.48. The van der Waals surface area contributed by atoms with E-state index in [0.29, 0.717) is 11.3 Å². The quantitative estimate of drug-likeness (QED) is 0.292. The van der Waals surface area contributed by atoms with E-state index in [9.17, 15) is 4.79 Å². The second kappa shape index (κ2) is 6.13. The van der Waals surface area contributed by atoms with E-state index in [0.717, 1.165) is 12.1 Å². The maximum atomic E-state index is 11.0. The van der Waals surface area contributed by atoms with Gasteiger partial charge in [-0.25, -0.2) is 0 Å². The molecular formula is C11H17NO2. The fourth-order valence-corrected chi connectivity index (χ4v) is 0.962. The van der Waals surface area contributed by atoms with Crippen LogP contribution in [0.3, 0.4) is 0 Å². The van der Waals surface area contributed by atoms with Crippen molar-refractivity contribution in [2.45, 2.75) is 20.3 Å². The summed E-state index contributed by atoms with van der Waals surface area (Å²) in [5.74, 6) is 0.543. The molecule has 0 heterocycles. The molecule has 0 radical (unpaired) electrons. The molecule has 0 aromatic heterocycles. The van der Waals surface area contributed by atoms with Gasteiger partial charge in [-0.1, -0.05) is 13.5 Å². The molecule has 0 aliphatic rings. The standard InChI is InChI=1S/C11H17NO2/c1-6-10(12-4)11(14-5)7-8(2)9(3)13/h7H,2,6H2,1,3-5H3/b11-7+,12-10?. The Morgan fingerprint density at radius 3 is 2.43 bits per heavy atom. The van der Waals surface area contributed by atoms with Crippen molar-refractivity contribution in [3.05, 3.63) is 24.0 Å². The summed E-state index contributed by atoms with van der Waals surface area (Å²) in [5, 5.41) is 0. The molecule has 0 atom stereocenters. The Morgan fingerprint density at radius 2 is 2.14 bits per heavy atom. The third kappa shape index (κ3) is 3.56. The van der Waals surface area contributed by atoms with E-state index in [1.165, 1.54) is 6.92 Å². The molecule has 0 rings (SSSR count). The van der Waals surface area contributed by atoms with Gasteiger partial charge in [0.25, 0.3) is 0 Å². The van der Waals surface area contributed by atoms with Gasteiger partial charge >= 0.3 is 0 Å². The number of Topliss-reactive ketones (excluding diaryl/α,β-unsaturated/α-hetero) is 1. The minimum absolute atomic E-state index is 0.0638. The first-order chi connectivity index (χ1) is 6.56. The van der Waals surface area contributed by atoms with Crippen molar-refractivity contribution in [3.63, 3.8) is 0 Å². The lowest BCUT2D eigenvalue weighted by Gasteiger charge is -2.07. The fourth-order valence-electron chi connectivity index (χ4n) is 0.962. The highest BCUT2D eigenvalue weighted by Gasteiger charge is 2.06. The third-order valence-corrected chi connectivity index (χ3v) is 1.87. The van der Waals surface area contributed by atoms with Crippen LogP contribution in [0, 0.1) is 0 Å². The molecule has 0 N–H and O–H groups in total. The van der Waals surface area contributed by atoms with E-state index in [1.54, 1.807) is 20.2 Å². The molecule has 0 saturated carbocycles. The van der Waals surface area contributed by atoms with E-state index in [1.807, 2.05) is 6.92 Å². The Morgan fingerprint density at radius 1 is 1.57 bits per heavy atom. The minimum Gasteiger partial charge on any atom is -0.495 e. The number of carbonyl (C=O) groups excluding carboxylic acids is 1. The first-order valence-corrected chi connectivity index (χ1v) is 4.48. The SMILES string of the molecule is C=C(/C=C(/OC)C(CC)=NC)C(C)=O. The average Bonchev–Trinajstić information content (AvgIpc) is 2.17. The molecule has 0 amide bonds. The van der Waals surface area contributed by atoms with Gasteiger partial charge < -0.3 is 4.74 Å². The van der Waals surface area contributed by atoms with Crippen molar-refractivity contribution >= 4 is 11.5 Å². The highest BCUT2D eigenvalue weighted by atomic mass is 16.5. The Balaban J connectivity index is 4.88. The zero-order valence-corrected chi connectivity index (χ0v) is 9.26. The highest BCUT2D eigenvalue weighted by Crippen LogP contribution is 2.07. The zero-order valence-electron chi connectivity index (χ0n) is 9.26. The van der Waals surface area contributed by atoms with Crippen LogP contribution in [0.4, 0.5) is 0 Å². The van der Waals surface area contributed by atoms with Crippen LogP contribution in [0.15, 0.2) is 29.0 Å². The van der Waals surface area contributed by atoms with Crippen molar-refractivity contribution in [3.8, 4) is 0 Å². The number of methoxy groups -OCH3 is 1. The van der Waals surface area contributed by atoms with Gasteiger partial charge in [-0.15, -0.1) is 0 Å². The van der Waals surface area contributed by atoms with Crippen LogP contribution in [0.2, 0.25) is 0 Å². The van der Waals surface area contributed by atoms with Gasteiger partial charge in [-0.3, -0.25) is 9.79 Å². The van der Waals surface area contributed by atoms with Crippen molar-refractivity contribution in [1.82, 2.24) is 0 Å². The van der Waals surface area contributed by atoms with Gasteiger partial charge in [-0.05, 0) is 19.4 Å². The number of allylic oxidation sites excluding steroid dienone is 3. The van der Waals surface area contributed by atoms with Gasteiger partial charge in [0.15, 0.2) is 5.78 Å². The Bertz CT molecular complexity index is 288. The minimum atomic E-state index is -0.0638. The number of ketones is 1. The van der Waals surface area contributed by atoms with Crippen LogP contribution >= 0.6 is 0 Å². The molecule has 78 valence electrons. The molecule has 0 unspecified atom stereocenters. The number of rotatable bonds is 5. The van der Waals surface area contributed by atoms with Gasteiger partial charge in [0, 0.05) is 12.6 Å². The summed E-state index contributed by atoms with van der Waals surface area (Å²) in [6.45, 7) is 7.08. The summed E-state index contributed by atoms with van der Waals surface area (Å²) >= 11 is 0. The Hall–Kier alpha value is -1.38. The first kappa shape index (κ1) is 12.6. The zero-order chi connectivity index (χ0) is 11.1. The van der Waals surface area contributed by atoms with Crippen molar-refractivity contribution in [1.29, 1.82) is 0 Å². The largest absolute Gasteiger partial charge is 0.495 e.